The van der Waals surface area contributed by atoms with Crippen LogP contribution in [0.4, 0.5) is 5.69 Å². The summed E-state index contributed by atoms with van der Waals surface area (Å²) < 4.78 is 0. The summed E-state index contributed by atoms with van der Waals surface area (Å²) in [6.07, 6.45) is 0. The smallest absolute Gasteiger partial charge is 0.0610 e. The third-order valence-electron chi connectivity index (χ3n) is 3.24. The van der Waals surface area contributed by atoms with Crippen molar-refractivity contribution in [3.63, 3.8) is 0 Å². The summed E-state index contributed by atoms with van der Waals surface area (Å²) in [6.45, 7) is 9.26. The van der Waals surface area contributed by atoms with Gasteiger partial charge in [-0.2, -0.15) is 0 Å². The molecule has 0 saturated carbocycles. The second-order valence-corrected chi connectivity index (χ2v) is 4.46. The molecule has 0 bridgehead atoms. The second-order valence-electron chi connectivity index (χ2n) is 4.46. The minimum absolute atomic E-state index is 0.0221. The van der Waals surface area contributed by atoms with E-state index in [2.05, 4.69) is 43.5 Å². The van der Waals surface area contributed by atoms with Crippen molar-refractivity contribution >= 4 is 5.69 Å². The number of hydrogen-bond donors (Lipinski definition) is 1. The van der Waals surface area contributed by atoms with Crippen LogP contribution < -0.4 is 4.90 Å². The highest BCUT2D eigenvalue weighted by Gasteiger charge is 2.37. The number of rotatable bonds is 2. The Labute approximate surface area is 90.8 Å². The van der Waals surface area contributed by atoms with Crippen LogP contribution in [0.2, 0.25) is 0 Å². The van der Waals surface area contributed by atoms with Crippen molar-refractivity contribution in [3.8, 4) is 0 Å². The molecule has 0 unspecified atom stereocenters. The van der Waals surface area contributed by atoms with Crippen LogP contribution in [0.5, 0.6) is 0 Å². The van der Waals surface area contributed by atoms with Gasteiger partial charge in [0.25, 0.3) is 0 Å². The van der Waals surface area contributed by atoms with Gasteiger partial charge < -0.3 is 10.0 Å². The number of aliphatic hydroxyl groups is 1. The maximum atomic E-state index is 9.06. The Bertz CT molecular complexity index is 395. The Morgan fingerprint density at radius 3 is 2.67 bits per heavy atom. The Morgan fingerprint density at radius 2 is 2.00 bits per heavy atom. The maximum Gasteiger partial charge on any atom is 0.0610 e. The molecule has 0 aromatic heterocycles. The first kappa shape index (κ1) is 10.2. The summed E-state index contributed by atoms with van der Waals surface area (Å²) in [5.41, 5.74) is 3.52. The van der Waals surface area contributed by atoms with Gasteiger partial charge >= 0.3 is 0 Å². The van der Waals surface area contributed by atoms with E-state index in [1.54, 1.807) is 0 Å². The molecule has 0 amide bonds. The number of anilines is 1. The zero-order valence-corrected chi connectivity index (χ0v) is 9.33. The molecule has 80 valence electrons. The second kappa shape index (κ2) is 3.38. The van der Waals surface area contributed by atoms with E-state index in [-0.39, 0.29) is 12.0 Å². The number of allylic oxidation sites excluding steroid dienone is 1. The molecule has 2 rings (SSSR count). The highest BCUT2D eigenvalue weighted by atomic mass is 16.3. The molecule has 0 fully saturated rings. The van der Waals surface area contributed by atoms with Crippen LogP contribution in [0.1, 0.15) is 19.4 Å². The van der Waals surface area contributed by atoms with Crippen molar-refractivity contribution < 1.29 is 5.11 Å². The summed E-state index contributed by atoms with van der Waals surface area (Å²) in [5, 5.41) is 9.06. The SMILES string of the molecule is C=C1N(CCO)c2ccccc2C1(C)C. The van der Waals surface area contributed by atoms with E-state index in [1.807, 2.05) is 6.07 Å². The predicted molar refractivity (Wildman–Crippen MR) is 63.0 cm³/mol. The molecule has 0 aliphatic carbocycles. The van der Waals surface area contributed by atoms with E-state index >= 15 is 0 Å². The lowest BCUT2D eigenvalue weighted by Crippen LogP contribution is -2.27. The monoisotopic (exact) mass is 203 g/mol. The molecule has 0 spiro atoms. The summed E-state index contributed by atoms with van der Waals surface area (Å²) in [5.74, 6) is 0. The van der Waals surface area contributed by atoms with E-state index in [9.17, 15) is 0 Å². The lowest BCUT2D eigenvalue weighted by Gasteiger charge is -2.25. The van der Waals surface area contributed by atoms with Gasteiger partial charge in [0.15, 0.2) is 0 Å². The predicted octanol–water partition coefficient (Wildman–Crippen LogP) is 2.29. The van der Waals surface area contributed by atoms with Crippen molar-refractivity contribution in [3.05, 3.63) is 42.1 Å². The first-order chi connectivity index (χ1) is 7.09. The summed E-state index contributed by atoms with van der Waals surface area (Å²) in [7, 11) is 0. The van der Waals surface area contributed by atoms with E-state index in [0.717, 1.165) is 5.70 Å². The van der Waals surface area contributed by atoms with Crippen LogP contribution in [-0.4, -0.2) is 18.3 Å². The van der Waals surface area contributed by atoms with Crippen LogP contribution in [-0.2, 0) is 5.41 Å². The number of β-amino-alcohol motifs (C(OH)–C–C–N with tert-alkyl or cyclic N) is 1. The van der Waals surface area contributed by atoms with Crippen molar-refractivity contribution in [2.24, 2.45) is 0 Å². The van der Waals surface area contributed by atoms with Crippen molar-refractivity contribution in [1.29, 1.82) is 0 Å². The maximum absolute atomic E-state index is 9.06. The van der Waals surface area contributed by atoms with Gasteiger partial charge in [0.1, 0.15) is 0 Å². The quantitative estimate of drug-likeness (QED) is 0.797. The third-order valence-corrected chi connectivity index (χ3v) is 3.24. The average molecular weight is 203 g/mol. The minimum Gasteiger partial charge on any atom is -0.395 e. The lowest BCUT2D eigenvalue weighted by atomic mass is 9.85. The fourth-order valence-electron chi connectivity index (χ4n) is 2.23. The largest absolute Gasteiger partial charge is 0.395 e. The Kier molecular flexibility index (Phi) is 2.31. The Morgan fingerprint density at radius 1 is 1.33 bits per heavy atom. The number of nitrogens with zero attached hydrogens (tertiary/aromatic N) is 1. The third kappa shape index (κ3) is 1.37. The lowest BCUT2D eigenvalue weighted by molar-refractivity contribution is 0.304. The van der Waals surface area contributed by atoms with Gasteiger partial charge in [-0.25, -0.2) is 0 Å². The van der Waals surface area contributed by atoms with E-state index in [0.29, 0.717) is 6.54 Å². The average Bonchev–Trinajstić information content (AvgIpc) is 2.42. The highest BCUT2D eigenvalue weighted by molar-refractivity contribution is 5.69. The first-order valence-corrected chi connectivity index (χ1v) is 5.26. The van der Waals surface area contributed by atoms with Crippen LogP contribution in [0, 0.1) is 0 Å². The molecule has 1 N–H and O–H groups in total. The van der Waals surface area contributed by atoms with Gasteiger partial charge in [-0.05, 0) is 11.6 Å². The van der Waals surface area contributed by atoms with E-state index in [1.165, 1.54) is 11.3 Å². The number of para-hydroxylation sites is 1. The Balaban J connectivity index is 2.52. The molecule has 1 heterocycles. The summed E-state index contributed by atoms with van der Waals surface area (Å²) in [4.78, 5) is 2.11. The van der Waals surface area contributed by atoms with Crippen molar-refractivity contribution in [2.45, 2.75) is 19.3 Å². The van der Waals surface area contributed by atoms with Crippen LogP contribution in [0.25, 0.3) is 0 Å². The van der Waals surface area contributed by atoms with Gasteiger partial charge in [-0.3, -0.25) is 0 Å². The number of benzene rings is 1. The normalized spacial score (nSPS) is 18.1. The van der Waals surface area contributed by atoms with Crippen LogP contribution in [0.3, 0.4) is 0 Å². The highest BCUT2D eigenvalue weighted by Crippen LogP contribution is 2.46. The molecule has 2 heteroatoms. The molecule has 2 nitrogen and oxygen atoms in total. The Hall–Kier alpha value is -1.28. The standard InChI is InChI=1S/C13H17NO/c1-10-13(2,3)11-6-4-5-7-12(11)14(10)8-9-15/h4-7,15H,1,8-9H2,2-3H3. The van der Waals surface area contributed by atoms with Gasteiger partial charge in [-0.1, -0.05) is 38.6 Å². The molecular formula is C13H17NO. The van der Waals surface area contributed by atoms with Gasteiger partial charge in [0.2, 0.25) is 0 Å². The molecule has 0 radical (unpaired) electrons. The number of hydrogen-bond acceptors (Lipinski definition) is 2. The molecule has 1 aliphatic heterocycles. The molecule has 15 heavy (non-hydrogen) atoms. The summed E-state index contributed by atoms with van der Waals surface area (Å²) in [6, 6.07) is 8.30. The molecule has 0 atom stereocenters. The molecule has 0 saturated heterocycles. The zero-order chi connectivity index (χ0) is 11.1. The number of fused-ring (bicyclic) bond motifs is 1. The molecular weight excluding hydrogens is 186 g/mol. The minimum atomic E-state index is -0.0221. The first-order valence-electron chi connectivity index (χ1n) is 5.26. The van der Waals surface area contributed by atoms with Gasteiger partial charge in [-0.15, -0.1) is 0 Å². The van der Waals surface area contributed by atoms with E-state index < -0.39 is 0 Å². The molecule has 1 aliphatic rings. The fraction of sp³-hybridized carbons (Fsp3) is 0.385. The molecule has 1 aromatic rings. The van der Waals surface area contributed by atoms with Gasteiger partial charge in [0, 0.05) is 23.3 Å². The van der Waals surface area contributed by atoms with Gasteiger partial charge in [0.05, 0.1) is 6.61 Å². The fourth-order valence-corrected chi connectivity index (χ4v) is 2.23. The topological polar surface area (TPSA) is 23.5 Å². The van der Waals surface area contributed by atoms with Crippen molar-refractivity contribution in [2.75, 3.05) is 18.1 Å². The van der Waals surface area contributed by atoms with Crippen molar-refractivity contribution in [1.82, 2.24) is 0 Å². The van der Waals surface area contributed by atoms with Crippen LogP contribution in [0.15, 0.2) is 36.5 Å². The zero-order valence-electron chi connectivity index (χ0n) is 9.33. The molecule has 1 aromatic carbocycles. The summed E-state index contributed by atoms with van der Waals surface area (Å²) >= 11 is 0. The van der Waals surface area contributed by atoms with Crippen LogP contribution >= 0.6 is 0 Å². The van der Waals surface area contributed by atoms with E-state index in [4.69, 9.17) is 5.11 Å². The number of aliphatic hydroxyl groups excluding tert-OH is 1.